The number of carbonyl (C=O) groups excluding carboxylic acids is 2. The number of hydrogen-bond acceptors (Lipinski definition) is 5. The number of amides is 2. The van der Waals surface area contributed by atoms with Gasteiger partial charge >= 0.3 is 0 Å². The van der Waals surface area contributed by atoms with E-state index in [1.165, 1.54) is 12.1 Å². The van der Waals surface area contributed by atoms with Crippen LogP contribution in [0.4, 0.5) is 5.13 Å². The number of thiazole rings is 1. The first-order chi connectivity index (χ1) is 13.5. The van der Waals surface area contributed by atoms with Crippen molar-refractivity contribution in [2.45, 2.75) is 6.54 Å². The van der Waals surface area contributed by atoms with E-state index in [0.29, 0.717) is 28.0 Å². The van der Waals surface area contributed by atoms with Crippen molar-refractivity contribution in [1.29, 1.82) is 0 Å². The van der Waals surface area contributed by atoms with Crippen molar-refractivity contribution < 1.29 is 14.3 Å². The number of nitrogens with zero attached hydrogens (tertiary/aromatic N) is 1. The van der Waals surface area contributed by atoms with E-state index >= 15 is 0 Å². The van der Waals surface area contributed by atoms with Gasteiger partial charge in [-0.1, -0.05) is 35.3 Å². The van der Waals surface area contributed by atoms with Crippen LogP contribution in [0.5, 0.6) is 5.75 Å². The van der Waals surface area contributed by atoms with E-state index < -0.39 is 5.91 Å². The number of anilines is 1. The molecule has 0 aliphatic heterocycles. The lowest BCUT2D eigenvalue weighted by Crippen LogP contribution is -2.23. The van der Waals surface area contributed by atoms with Crippen molar-refractivity contribution >= 4 is 51.5 Å². The smallest absolute Gasteiger partial charge is 0.271 e. The third-order valence-electron chi connectivity index (χ3n) is 3.73. The molecule has 0 atom stereocenters. The Morgan fingerprint density at radius 3 is 2.68 bits per heavy atom. The minimum absolute atomic E-state index is 0.220. The lowest BCUT2D eigenvalue weighted by molar-refractivity contribution is 0.0945. The van der Waals surface area contributed by atoms with Crippen molar-refractivity contribution in [3.8, 4) is 5.75 Å². The number of rotatable bonds is 6. The van der Waals surface area contributed by atoms with Gasteiger partial charge in [0.1, 0.15) is 11.4 Å². The first kappa shape index (κ1) is 20.1. The summed E-state index contributed by atoms with van der Waals surface area (Å²) in [5, 5.41) is 7.95. The van der Waals surface area contributed by atoms with Crippen LogP contribution < -0.4 is 15.4 Å². The van der Waals surface area contributed by atoms with Gasteiger partial charge in [0.15, 0.2) is 5.13 Å². The first-order valence-electron chi connectivity index (χ1n) is 8.09. The number of aromatic nitrogens is 1. The number of carbonyl (C=O) groups is 2. The van der Waals surface area contributed by atoms with E-state index in [0.717, 1.165) is 16.9 Å². The molecule has 0 aliphatic rings. The monoisotopic (exact) mass is 435 g/mol. The average Bonchev–Trinajstić information content (AvgIpc) is 3.17. The maximum Gasteiger partial charge on any atom is 0.271 e. The molecule has 28 heavy (non-hydrogen) atoms. The fourth-order valence-corrected chi connectivity index (χ4v) is 3.28. The molecule has 9 heteroatoms. The van der Waals surface area contributed by atoms with E-state index in [1.807, 2.05) is 24.3 Å². The molecule has 0 spiro atoms. The Balaban J connectivity index is 1.60. The highest BCUT2D eigenvalue weighted by Crippen LogP contribution is 2.23. The minimum atomic E-state index is -0.392. The van der Waals surface area contributed by atoms with Gasteiger partial charge in [0, 0.05) is 17.5 Å². The average molecular weight is 436 g/mol. The van der Waals surface area contributed by atoms with E-state index in [2.05, 4.69) is 15.6 Å². The third-order valence-corrected chi connectivity index (χ3v) is 5.22. The second-order valence-corrected chi connectivity index (χ2v) is 7.33. The summed E-state index contributed by atoms with van der Waals surface area (Å²) in [5.41, 5.74) is 1.46. The molecule has 0 saturated heterocycles. The molecule has 2 amide bonds. The Hall–Kier alpha value is -2.61. The summed E-state index contributed by atoms with van der Waals surface area (Å²) in [6.07, 6.45) is 0. The lowest BCUT2D eigenvalue weighted by Gasteiger charge is -2.06. The van der Waals surface area contributed by atoms with Crippen LogP contribution in [0.3, 0.4) is 0 Å². The van der Waals surface area contributed by atoms with Crippen LogP contribution in [0.25, 0.3) is 0 Å². The molecular weight excluding hydrogens is 421 g/mol. The standard InChI is InChI=1S/C19H15Cl2N3O3S/c1-27-13-4-2-3-11(7-13)9-22-18(26)16-10-28-19(23-16)24-17(25)12-5-6-14(20)15(21)8-12/h2-8,10H,9H2,1H3,(H,22,26)(H,23,24,25). The molecule has 0 radical (unpaired) electrons. The summed E-state index contributed by atoms with van der Waals surface area (Å²) in [4.78, 5) is 28.7. The molecular formula is C19H15Cl2N3O3S. The van der Waals surface area contributed by atoms with Gasteiger partial charge in [-0.15, -0.1) is 11.3 Å². The Bertz CT molecular complexity index is 1020. The Kier molecular flexibility index (Phi) is 6.51. The number of benzene rings is 2. The fourth-order valence-electron chi connectivity index (χ4n) is 2.30. The van der Waals surface area contributed by atoms with E-state index in [9.17, 15) is 9.59 Å². The van der Waals surface area contributed by atoms with Gasteiger partial charge in [-0.2, -0.15) is 0 Å². The topological polar surface area (TPSA) is 80.3 Å². The van der Waals surface area contributed by atoms with Crippen LogP contribution in [0.1, 0.15) is 26.4 Å². The van der Waals surface area contributed by atoms with Gasteiger partial charge in [-0.3, -0.25) is 14.9 Å². The van der Waals surface area contributed by atoms with Crippen LogP contribution in [-0.2, 0) is 6.54 Å². The zero-order chi connectivity index (χ0) is 20.1. The molecule has 1 heterocycles. The molecule has 0 unspecified atom stereocenters. The maximum atomic E-state index is 12.3. The predicted molar refractivity (Wildman–Crippen MR) is 111 cm³/mol. The highest BCUT2D eigenvalue weighted by atomic mass is 35.5. The number of halogens is 2. The molecule has 1 aromatic heterocycles. The highest BCUT2D eigenvalue weighted by molar-refractivity contribution is 7.14. The first-order valence-corrected chi connectivity index (χ1v) is 9.73. The number of nitrogens with one attached hydrogen (secondary N) is 2. The summed E-state index contributed by atoms with van der Waals surface area (Å²) in [6, 6.07) is 12.0. The molecule has 2 aromatic carbocycles. The summed E-state index contributed by atoms with van der Waals surface area (Å²) in [5.74, 6) is -0.0157. The third kappa shape index (κ3) is 5.01. The van der Waals surface area contributed by atoms with Gasteiger partial charge in [0.05, 0.1) is 17.2 Å². The second-order valence-electron chi connectivity index (χ2n) is 5.66. The zero-order valence-corrected chi connectivity index (χ0v) is 17.0. The molecule has 0 bridgehead atoms. The number of hydrogen-bond donors (Lipinski definition) is 2. The maximum absolute atomic E-state index is 12.3. The molecule has 0 fully saturated rings. The van der Waals surface area contributed by atoms with Gasteiger partial charge in [-0.25, -0.2) is 4.98 Å². The van der Waals surface area contributed by atoms with Crippen molar-refractivity contribution in [3.63, 3.8) is 0 Å². The highest BCUT2D eigenvalue weighted by Gasteiger charge is 2.14. The van der Waals surface area contributed by atoms with Crippen LogP contribution in [0.15, 0.2) is 47.8 Å². The van der Waals surface area contributed by atoms with Crippen LogP contribution in [-0.4, -0.2) is 23.9 Å². The van der Waals surface area contributed by atoms with Gasteiger partial charge in [0.2, 0.25) is 0 Å². The normalized spacial score (nSPS) is 10.4. The molecule has 0 saturated carbocycles. The van der Waals surface area contributed by atoms with Crippen LogP contribution in [0.2, 0.25) is 10.0 Å². The predicted octanol–water partition coefficient (Wildman–Crippen LogP) is 4.64. The summed E-state index contributed by atoms with van der Waals surface area (Å²) in [6.45, 7) is 0.332. The number of methoxy groups -OCH3 is 1. The Morgan fingerprint density at radius 1 is 1.11 bits per heavy atom. The summed E-state index contributed by atoms with van der Waals surface area (Å²) >= 11 is 12.9. The van der Waals surface area contributed by atoms with Crippen molar-refractivity contribution in [2.75, 3.05) is 12.4 Å². The molecule has 2 N–H and O–H groups in total. The lowest BCUT2D eigenvalue weighted by atomic mass is 10.2. The fraction of sp³-hybridized carbons (Fsp3) is 0.105. The Labute approximate surface area is 175 Å². The van der Waals surface area contributed by atoms with Gasteiger partial charge < -0.3 is 10.1 Å². The van der Waals surface area contributed by atoms with Crippen LogP contribution >= 0.6 is 34.5 Å². The SMILES string of the molecule is COc1cccc(CNC(=O)c2csc(NC(=O)c3ccc(Cl)c(Cl)c3)n2)c1. The van der Waals surface area contributed by atoms with E-state index in [4.69, 9.17) is 27.9 Å². The van der Waals surface area contributed by atoms with Crippen molar-refractivity contribution in [3.05, 3.63) is 74.7 Å². The largest absolute Gasteiger partial charge is 0.497 e. The van der Waals surface area contributed by atoms with Crippen molar-refractivity contribution in [1.82, 2.24) is 10.3 Å². The number of ether oxygens (including phenoxy) is 1. The molecule has 6 nitrogen and oxygen atoms in total. The summed E-state index contributed by atoms with van der Waals surface area (Å²) < 4.78 is 5.16. The van der Waals surface area contributed by atoms with Gasteiger partial charge in [-0.05, 0) is 35.9 Å². The summed E-state index contributed by atoms with van der Waals surface area (Å²) in [7, 11) is 1.58. The molecule has 0 aliphatic carbocycles. The molecule has 3 rings (SSSR count). The molecule has 3 aromatic rings. The Morgan fingerprint density at radius 2 is 1.93 bits per heavy atom. The minimum Gasteiger partial charge on any atom is -0.497 e. The van der Waals surface area contributed by atoms with Crippen LogP contribution in [0, 0.1) is 0 Å². The molecule has 144 valence electrons. The van der Waals surface area contributed by atoms with Crippen molar-refractivity contribution in [2.24, 2.45) is 0 Å². The van der Waals surface area contributed by atoms with Gasteiger partial charge in [0.25, 0.3) is 11.8 Å². The second kappa shape index (κ2) is 9.05. The quantitative estimate of drug-likeness (QED) is 0.590. The van der Waals surface area contributed by atoms with E-state index in [-0.39, 0.29) is 16.6 Å². The van der Waals surface area contributed by atoms with E-state index in [1.54, 1.807) is 18.6 Å². The zero-order valence-electron chi connectivity index (χ0n) is 14.7.